The van der Waals surface area contributed by atoms with Crippen molar-refractivity contribution in [2.24, 2.45) is 7.05 Å². The summed E-state index contributed by atoms with van der Waals surface area (Å²) in [6, 6.07) is 1.94. The van der Waals surface area contributed by atoms with Gasteiger partial charge in [-0.25, -0.2) is 4.98 Å². The van der Waals surface area contributed by atoms with E-state index < -0.39 is 0 Å². The number of nitrogens with one attached hydrogen (secondary N) is 1. The zero-order chi connectivity index (χ0) is 13.0. The molecule has 0 aliphatic rings. The maximum absolute atomic E-state index is 6.23. The minimum absolute atomic E-state index is 0.000417. The lowest BCUT2D eigenvalue weighted by molar-refractivity contribution is 0.555. The molecule has 2 aromatic heterocycles. The lowest BCUT2D eigenvalue weighted by Gasteiger charge is -2.19. The summed E-state index contributed by atoms with van der Waals surface area (Å²) in [5.74, 6) is 0.955. The van der Waals surface area contributed by atoms with Gasteiger partial charge in [-0.05, 0) is 24.6 Å². The third-order valence-electron chi connectivity index (χ3n) is 2.83. The number of imidazole rings is 1. The first-order valence-electron chi connectivity index (χ1n) is 6.04. The molecule has 0 saturated heterocycles. The summed E-state index contributed by atoms with van der Waals surface area (Å²) in [5.41, 5.74) is 1.01. The zero-order valence-electron chi connectivity index (χ0n) is 10.6. The summed E-state index contributed by atoms with van der Waals surface area (Å²) >= 11 is 6.23. The van der Waals surface area contributed by atoms with E-state index in [1.165, 1.54) is 0 Å². The molecule has 1 unspecified atom stereocenters. The van der Waals surface area contributed by atoms with Crippen molar-refractivity contribution in [2.75, 3.05) is 6.54 Å². The highest BCUT2D eigenvalue weighted by Crippen LogP contribution is 2.26. The molecule has 0 aromatic carbocycles. The van der Waals surface area contributed by atoms with E-state index in [1.54, 1.807) is 18.6 Å². The van der Waals surface area contributed by atoms with Crippen molar-refractivity contribution >= 4 is 11.6 Å². The molecule has 0 fully saturated rings. The highest BCUT2D eigenvalue weighted by Gasteiger charge is 2.19. The Morgan fingerprint density at radius 2 is 2.28 bits per heavy atom. The van der Waals surface area contributed by atoms with Crippen LogP contribution in [0.25, 0.3) is 0 Å². The largest absolute Gasteiger partial charge is 0.336 e. The average molecular weight is 265 g/mol. The van der Waals surface area contributed by atoms with Crippen LogP contribution in [0, 0.1) is 0 Å². The molecule has 2 aromatic rings. The standard InChI is InChI=1S/C13H17ClN4/c1-3-5-16-12(13-17-7-8-18(13)2)10-4-6-15-9-11(10)14/h4,6-9,12,16H,3,5H2,1-2H3. The third-order valence-corrected chi connectivity index (χ3v) is 3.15. The second-order valence-electron chi connectivity index (χ2n) is 4.18. The molecule has 96 valence electrons. The quantitative estimate of drug-likeness (QED) is 0.903. The van der Waals surface area contributed by atoms with E-state index in [9.17, 15) is 0 Å². The normalized spacial score (nSPS) is 12.6. The van der Waals surface area contributed by atoms with Crippen LogP contribution in [0.3, 0.4) is 0 Å². The van der Waals surface area contributed by atoms with E-state index >= 15 is 0 Å². The smallest absolute Gasteiger partial charge is 0.130 e. The van der Waals surface area contributed by atoms with E-state index in [4.69, 9.17) is 11.6 Å². The monoisotopic (exact) mass is 264 g/mol. The van der Waals surface area contributed by atoms with Gasteiger partial charge in [0.15, 0.2) is 0 Å². The van der Waals surface area contributed by atoms with Crippen LogP contribution in [0.4, 0.5) is 0 Å². The van der Waals surface area contributed by atoms with Crippen LogP contribution in [0.2, 0.25) is 5.02 Å². The Balaban J connectivity index is 2.37. The molecule has 0 aliphatic heterocycles. The molecule has 2 rings (SSSR count). The van der Waals surface area contributed by atoms with Crippen LogP contribution in [0.15, 0.2) is 30.9 Å². The number of halogens is 1. The summed E-state index contributed by atoms with van der Waals surface area (Å²) in [6.45, 7) is 3.05. The van der Waals surface area contributed by atoms with Crippen molar-refractivity contribution < 1.29 is 0 Å². The predicted octanol–water partition coefficient (Wildman–Crippen LogP) is 2.56. The zero-order valence-corrected chi connectivity index (χ0v) is 11.4. The topological polar surface area (TPSA) is 42.7 Å². The molecule has 0 amide bonds. The number of nitrogens with zero attached hydrogens (tertiary/aromatic N) is 3. The number of hydrogen-bond acceptors (Lipinski definition) is 3. The Kier molecular flexibility index (Phi) is 4.33. The fourth-order valence-corrected chi connectivity index (χ4v) is 2.13. The molecule has 1 atom stereocenters. The maximum atomic E-state index is 6.23. The highest BCUT2D eigenvalue weighted by atomic mass is 35.5. The van der Waals surface area contributed by atoms with Gasteiger partial charge >= 0.3 is 0 Å². The summed E-state index contributed by atoms with van der Waals surface area (Å²) < 4.78 is 2.00. The number of aryl methyl sites for hydroxylation is 1. The number of rotatable bonds is 5. The van der Waals surface area contributed by atoms with Gasteiger partial charge in [-0.2, -0.15) is 0 Å². The van der Waals surface area contributed by atoms with Crippen molar-refractivity contribution in [1.29, 1.82) is 0 Å². The second-order valence-corrected chi connectivity index (χ2v) is 4.59. The summed E-state index contributed by atoms with van der Waals surface area (Å²) in [6.07, 6.45) is 8.21. The first-order valence-corrected chi connectivity index (χ1v) is 6.41. The molecule has 0 saturated carbocycles. The van der Waals surface area contributed by atoms with Gasteiger partial charge in [0.25, 0.3) is 0 Å². The number of hydrogen-bond donors (Lipinski definition) is 1. The van der Waals surface area contributed by atoms with Crippen molar-refractivity contribution in [3.63, 3.8) is 0 Å². The van der Waals surface area contributed by atoms with Crippen LogP contribution < -0.4 is 5.32 Å². The minimum Gasteiger partial charge on any atom is -0.336 e. The Labute approximate surface area is 112 Å². The van der Waals surface area contributed by atoms with E-state index in [1.807, 2.05) is 23.9 Å². The molecule has 4 nitrogen and oxygen atoms in total. The van der Waals surface area contributed by atoms with Crippen molar-refractivity contribution in [3.8, 4) is 0 Å². The fourth-order valence-electron chi connectivity index (χ4n) is 1.90. The second kappa shape index (κ2) is 5.98. The van der Waals surface area contributed by atoms with Gasteiger partial charge in [-0.3, -0.25) is 4.98 Å². The van der Waals surface area contributed by atoms with Gasteiger partial charge in [-0.15, -0.1) is 0 Å². The van der Waals surface area contributed by atoms with Gasteiger partial charge in [0, 0.05) is 31.8 Å². The van der Waals surface area contributed by atoms with Crippen molar-refractivity contribution in [3.05, 3.63) is 47.3 Å². The minimum atomic E-state index is 0.000417. The van der Waals surface area contributed by atoms with E-state index in [0.29, 0.717) is 5.02 Å². The summed E-state index contributed by atoms with van der Waals surface area (Å²) in [4.78, 5) is 8.43. The van der Waals surface area contributed by atoms with Crippen LogP contribution in [-0.4, -0.2) is 21.1 Å². The molecule has 2 heterocycles. The van der Waals surface area contributed by atoms with Crippen LogP contribution in [0.5, 0.6) is 0 Å². The predicted molar refractivity (Wildman–Crippen MR) is 72.6 cm³/mol. The van der Waals surface area contributed by atoms with Gasteiger partial charge in [0.05, 0.1) is 11.1 Å². The van der Waals surface area contributed by atoms with Crippen molar-refractivity contribution in [2.45, 2.75) is 19.4 Å². The first kappa shape index (κ1) is 13.1. The van der Waals surface area contributed by atoms with E-state index in [2.05, 4.69) is 22.2 Å². The molecule has 0 aliphatic carbocycles. The number of pyridine rings is 1. The van der Waals surface area contributed by atoms with Gasteiger partial charge in [0.1, 0.15) is 5.82 Å². The molecule has 18 heavy (non-hydrogen) atoms. The lowest BCUT2D eigenvalue weighted by atomic mass is 10.1. The highest BCUT2D eigenvalue weighted by molar-refractivity contribution is 6.31. The molecule has 0 spiro atoms. The van der Waals surface area contributed by atoms with Crippen LogP contribution in [-0.2, 0) is 7.05 Å². The number of aromatic nitrogens is 3. The van der Waals surface area contributed by atoms with Gasteiger partial charge < -0.3 is 9.88 Å². The maximum Gasteiger partial charge on any atom is 0.130 e. The lowest BCUT2D eigenvalue weighted by Crippen LogP contribution is -2.26. The van der Waals surface area contributed by atoms with Crippen LogP contribution >= 0.6 is 11.6 Å². The fraction of sp³-hybridized carbons (Fsp3) is 0.385. The molecule has 1 N–H and O–H groups in total. The molecule has 0 radical (unpaired) electrons. The Bertz CT molecular complexity index is 509. The molecular formula is C13H17ClN4. The Hall–Kier alpha value is -1.39. The Morgan fingerprint density at radius 1 is 1.44 bits per heavy atom. The molecule has 0 bridgehead atoms. The van der Waals surface area contributed by atoms with E-state index in [-0.39, 0.29) is 6.04 Å². The first-order chi connectivity index (χ1) is 8.74. The van der Waals surface area contributed by atoms with Gasteiger partial charge in [0.2, 0.25) is 0 Å². The SMILES string of the molecule is CCCNC(c1ccncc1Cl)c1nccn1C. The third kappa shape index (κ3) is 2.71. The molecule has 5 heteroatoms. The Morgan fingerprint density at radius 3 is 2.89 bits per heavy atom. The van der Waals surface area contributed by atoms with Gasteiger partial charge in [-0.1, -0.05) is 18.5 Å². The van der Waals surface area contributed by atoms with Crippen molar-refractivity contribution in [1.82, 2.24) is 19.9 Å². The van der Waals surface area contributed by atoms with Crippen LogP contribution in [0.1, 0.15) is 30.8 Å². The average Bonchev–Trinajstić information content (AvgIpc) is 2.78. The summed E-state index contributed by atoms with van der Waals surface area (Å²) in [5, 5.41) is 4.14. The van der Waals surface area contributed by atoms with E-state index in [0.717, 1.165) is 24.4 Å². The summed E-state index contributed by atoms with van der Waals surface area (Å²) in [7, 11) is 1.98. The molecular weight excluding hydrogens is 248 g/mol.